The van der Waals surface area contributed by atoms with Gasteiger partial charge in [-0.15, -0.1) is 0 Å². The number of anilines is 1. The maximum Gasteiger partial charge on any atom is 0.407 e. The Labute approximate surface area is 419 Å². The van der Waals surface area contributed by atoms with E-state index in [1.54, 1.807) is 55.9 Å². The molecule has 0 spiro atoms. The number of aromatic nitrogens is 3. The summed E-state index contributed by atoms with van der Waals surface area (Å²) >= 11 is 0. The number of ether oxygens (including phenoxy) is 6. The average molecular weight is 1020 g/mol. The van der Waals surface area contributed by atoms with Gasteiger partial charge in [-0.2, -0.15) is 4.72 Å². The Bertz CT molecular complexity index is 2730. The first-order chi connectivity index (χ1) is 34.7. The van der Waals surface area contributed by atoms with Gasteiger partial charge in [0.05, 0.1) is 50.6 Å². The van der Waals surface area contributed by atoms with E-state index in [4.69, 9.17) is 28.4 Å². The normalized spacial score (nSPS) is 11.7. The van der Waals surface area contributed by atoms with Gasteiger partial charge in [-0.1, -0.05) is 36.4 Å². The first kappa shape index (κ1) is 56.1. The zero-order chi connectivity index (χ0) is 51.9. The molecular formula is C50H66N8O13S. The summed E-state index contributed by atoms with van der Waals surface area (Å²) < 4.78 is 65.8. The van der Waals surface area contributed by atoms with Crippen molar-refractivity contribution in [2.45, 2.75) is 63.6 Å². The maximum atomic E-state index is 13.8. The summed E-state index contributed by atoms with van der Waals surface area (Å²) in [6.07, 6.45) is 6.31. The third kappa shape index (κ3) is 17.8. The fourth-order valence-corrected chi connectivity index (χ4v) is 9.02. The zero-order valence-corrected chi connectivity index (χ0v) is 42.3. The molecule has 0 saturated heterocycles. The van der Waals surface area contributed by atoms with Crippen LogP contribution < -0.4 is 36.2 Å². The summed E-state index contributed by atoms with van der Waals surface area (Å²) in [4.78, 5) is 68.0. The van der Waals surface area contributed by atoms with Crippen molar-refractivity contribution >= 4 is 50.8 Å². The van der Waals surface area contributed by atoms with Crippen LogP contribution in [0.5, 0.6) is 5.75 Å². The number of methoxy groups -OCH3 is 1. The van der Waals surface area contributed by atoms with Crippen LogP contribution >= 0.6 is 0 Å². The Morgan fingerprint density at radius 3 is 2.08 bits per heavy atom. The van der Waals surface area contributed by atoms with Crippen LogP contribution in [-0.2, 0) is 70.5 Å². The number of hydrogen-bond donors (Lipinski definition) is 5. The van der Waals surface area contributed by atoms with Crippen molar-refractivity contribution in [3.05, 3.63) is 117 Å². The Hall–Kier alpha value is -6.85. The zero-order valence-electron chi connectivity index (χ0n) is 41.5. The molecule has 2 aromatic heterocycles. The number of amides is 3. The highest BCUT2D eigenvalue weighted by molar-refractivity contribution is 7.89. The van der Waals surface area contributed by atoms with Crippen LogP contribution in [-0.4, -0.2) is 125 Å². The molecule has 0 radical (unpaired) electrons. The second-order valence-corrected chi connectivity index (χ2v) is 18.3. The van der Waals surface area contributed by atoms with Gasteiger partial charge < -0.3 is 58.8 Å². The SMILES string of the molecule is COC(=O)[C@H](CNC(=O)c1cn(C)c2cc(CNc3nccn3C)ccc2c1=O)NS(=O)(=O)c1c(C)cc(OCCCC(=O)NCCCOCCOCCOCCCNC(=O)OCc2ccccc2)cc1C. The number of hydrogen-bond acceptors (Lipinski definition) is 15. The second kappa shape index (κ2) is 28.9. The predicted molar refractivity (Wildman–Crippen MR) is 268 cm³/mol. The number of carbonyl (C=O) groups excluding carboxylic acids is 4. The highest BCUT2D eigenvalue weighted by Gasteiger charge is 2.30. The molecule has 0 aliphatic rings. The molecule has 3 aromatic carbocycles. The topological polar surface area (TPSA) is 258 Å². The van der Waals surface area contributed by atoms with E-state index in [0.29, 0.717) is 112 Å². The fourth-order valence-electron chi connectivity index (χ4n) is 7.38. The molecule has 0 bridgehead atoms. The van der Waals surface area contributed by atoms with Gasteiger partial charge in [0.1, 0.15) is 24.0 Å². The van der Waals surface area contributed by atoms with E-state index >= 15 is 0 Å². The number of aryl methyl sites for hydroxylation is 4. The number of nitrogens with zero attached hydrogens (tertiary/aromatic N) is 3. The van der Waals surface area contributed by atoms with Crippen LogP contribution in [0.15, 0.2) is 88.9 Å². The number of carbonyl (C=O) groups is 4. The summed E-state index contributed by atoms with van der Waals surface area (Å²) in [7, 11) is 0.289. The van der Waals surface area contributed by atoms with Crippen molar-refractivity contribution < 1.29 is 56.0 Å². The van der Waals surface area contributed by atoms with Crippen molar-refractivity contribution in [2.24, 2.45) is 14.1 Å². The molecule has 0 aliphatic carbocycles. The van der Waals surface area contributed by atoms with Gasteiger partial charge in [0.2, 0.25) is 27.3 Å². The maximum absolute atomic E-state index is 13.8. The molecule has 5 N–H and O–H groups in total. The van der Waals surface area contributed by atoms with Gasteiger partial charge in [-0.3, -0.25) is 19.2 Å². The van der Waals surface area contributed by atoms with E-state index in [9.17, 15) is 32.4 Å². The standard InChI is InChI=1S/C50H66N8O13S/c1-35-28-39(70-23-9-14-44(59)51-17-10-21-67-24-26-69-27-25-68-22-11-18-53-50(63)71-34-37-12-7-6-8-13-37)29-36(2)46(35)72(64,65)56-42(48(62)66-5)32-54-47(61)41-33-58(4)43-30-38(15-16-40(43)45(41)60)31-55-49-52-19-20-57(49)3/h6-8,12-13,15-16,19-20,28-30,33,42,56H,9-11,14,17-18,21-27,31-32,34H2,1-5H3,(H,51,59)(H,52,55)(H,53,63)(H,54,61)/t42-/m0/s1. The smallest absolute Gasteiger partial charge is 0.407 e. The van der Waals surface area contributed by atoms with Crippen molar-refractivity contribution in [3.8, 4) is 5.75 Å². The Balaban J connectivity index is 0.944. The summed E-state index contributed by atoms with van der Waals surface area (Å²) in [6, 6.07) is 16.2. The van der Waals surface area contributed by atoms with Gasteiger partial charge >= 0.3 is 12.1 Å². The molecule has 5 aromatic rings. The fraction of sp³-hybridized carbons (Fsp3) is 0.440. The molecule has 1 atom stereocenters. The van der Waals surface area contributed by atoms with Crippen LogP contribution in [0.4, 0.5) is 10.7 Å². The van der Waals surface area contributed by atoms with Gasteiger partial charge in [-0.05, 0) is 79.6 Å². The minimum Gasteiger partial charge on any atom is -0.494 e. The molecule has 0 unspecified atom stereocenters. The number of fused-ring (bicyclic) bond motifs is 1. The lowest BCUT2D eigenvalue weighted by Gasteiger charge is -2.20. The van der Waals surface area contributed by atoms with Crippen LogP contribution in [0, 0.1) is 13.8 Å². The van der Waals surface area contributed by atoms with Gasteiger partial charge in [0.25, 0.3) is 5.91 Å². The van der Waals surface area contributed by atoms with Crippen LogP contribution in [0.25, 0.3) is 10.9 Å². The van der Waals surface area contributed by atoms with E-state index in [2.05, 4.69) is 31.0 Å². The number of imidazole rings is 1. The highest BCUT2D eigenvalue weighted by Crippen LogP contribution is 2.26. The third-order valence-corrected chi connectivity index (χ3v) is 12.8. The first-order valence-corrected chi connectivity index (χ1v) is 25.1. The van der Waals surface area contributed by atoms with Crippen LogP contribution in [0.1, 0.15) is 58.3 Å². The number of sulfonamides is 1. The monoisotopic (exact) mass is 1020 g/mol. The van der Waals surface area contributed by atoms with Crippen LogP contribution in [0.2, 0.25) is 0 Å². The molecule has 3 amide bonds. The number of alkyl carbamates (subject to hydrolysis) is 1. The van der Waals surface area contributed by atoms with Crippen molar-refractivity contribution in [2.75, 3.05) is 78.3 Å². The molecular weight excluding hydrogens is 953 g/mol. The molecule has 5 rings (SSSR count). The lowest BCUT2D eigenvalue weighted by atomic mass is 10.1. The lowest BCUT2D eigenvalue weighted by molar-refractivity contribution is -0.142. The van der Waals surface area contributed by atoms with E-state index in [0.717, 1.165) is 18.2 Å². The summed E-state index contributed by atoms with van der Waals surface area (Å²) in [6.45, 7) is 6.98. The minimum absolute atomic E-state index is 0.0907. The quantitative estimate of drug-likeness (QED) is 0.0313. The predicted octanol–water partition coefficient (Wildman–Crippen LogP) is 3.78. The van der Waals surface area contributed by atoms with Crippen molar-refractivity contribution in [1.82, 2.24) is 34.8 Å². The van der Waals surface area contributed by atoms with E-state index in [1.807, 2.05) is 54.2 Å². The lowest BCUT2D eigenvalue weighted by Crippen LogP contribution is -2.49. The molecule has 21 nitrogen and oxygen atoms in total. The molecule has 2 heterocycles. The van der Waals surface area contributed by atoms with E-state index < -0.39 is 46.0 Å². The van der Waals surface area contributed by atoms with E-state index in [1.165, 1.54) is 6.20 Å². The summed E-state index contributed by atoms with van der Waals surface area (Å²) in [5, 5.41) is 11.6. The minimum atomic E-state index is -4.36. The Morgan fingerprint density at radius 2 is 1.43 bits per heavy atom. The Kier molecular flexibility index (Phi) is 22.5. The highest BCUT2D eigenvalue weighted by atomic mass is 32.2. The molecule has 22 heteroatoms. The van der Waals surface area contributed by atoms with E-state index in [-0.39, 0.29) is 36.0 Å². The molecule has 390 valence electrons. The average Bonchev–Trinajstić information content (AvgIpc) is 3.78. The van der Waals surface area contributed by atoms with Gasteiger partial charge in [0.15, 0.2) is 0 Å². The molecule has 0 aliphatic heterocycles. The van der Waals surface area contributed by atoms with Crippen LogP contribution in [0.3, 0.4) is 0 Å². The number of pyridine rings is 1. The number of esters is 1. The third-order valence-electron chi connectivity index (χ3n) is 11.0. The molecule has 0 saturated carbocycles. The number of benzene rings is 3. The second-order valence-electron chi connectivity index (χ2n) is 16.7. The van der Waals surface area contributed by atoms with Crippen molar-refractivity contribution in [1.29, 1.82) is 0 Å². The largest absolute Gasteiger partial charge is 0.494 e. The first-order valence-electron chi connectivity index (χ1n) is 23.6. The summed E-state index contributed by atoms with van der Waals surface area (Å²) in [5.74, 6) is -0.826. The van der Waals surface area contributed by atoms with Crippen molar-refractivity contribution in [3.63, 3.8) is 0 Å². The van der Waals surface area contributed by atoms with Gasteiger partial charge in [-0.25, -0.2) is 18.2 Å². The molecule has 0 fully saturated rings. The van der Waals surface area contributed by atoms with Gasteiger partial charge in [0, 0.05) is 83.9 Å². The number of rotatable bonds is 31. The molecule has 72 heavy (non-hydrogen) atoms. The number of nitrogens with one attached hydrogen (secondary N) is 5. The summed E-state index contributed by atoms with van der Waals surface area (Å²) in [5.41, 5.74) is 2.32. The Morgan fingerprint density at radius 1 is 0.764 bits per heavy atom.